The van der Waals surface area contributed by atoms with E-state index in [0.717, 1.165) is 5.56 Å². The van der Waals surface area contributed by atoms with Crippen LogP contribution in [0.2, 0.25) is 0 Å². The molecule has 0 fully saturated rings. The number of aryl methyl sites for hydroxylation is 1. The van der Waals surface area contributed by atoms with Crippen LogP contribution in [0.4, 0.5) is 0 Å². The fourth-order valence-electron chi connectivity index (χ4n) is 1.43. The van der Waals surface area contributed by atoms with Gasteiger partial charge in [-0.1, -0.05) is 6.07 Å². The minimum atomic E-state index is 0.132. The number of hydrogen-bond acceptors (Lipinski definition) is 2. The third kappa shape index (κ3) is 1.13. The van der Waals surface area contributed by atoms with Gasteiger partial charge in [0.05, 0.1) is 6.61 Å². The van der Waals surface area contributed by atoms with Crippen LogP contribution in [-0.4, -0.2) is 5.11 Å². The van der Waals surface area contributed by atoms with Gasteiger partial charge in [0.1, 0.15) is 0 Å². The van der Waals surface area contributed by atoms with Crippen LogP contribution in [0.3, 0.4) is 0 Å². The Morgan fingerprint density at radius 3 is 3.00 bits per heavy atom. The predicted molar refractivity (Wildman–Crippen MR) is 52.5 cm³/mol. The van der Waals surface area contributed by atoms with Crippen LogP contribution in [0.15, 0.2) is 23.6 Å². The van der Waals surface area contributed by atoms with E-state index in [0.29, 0.717) is 0 Å². The van der Waals surface area contributed by atoms with Gasteiger partial charge in [0, 0.05) is 4.70 Å². The predicted octanol–water partition coefficient (Wildman–Crippen LogP) is 2.70. The second-order valence-electron chi connectivity index (χ2n) is 2.91. The summed E-state index contributed by atoms with van der Waals surface area (Å²) in [4.78, 5) is 0. The second kappa shape index (κ2) is 2.88. The molecule has 0 amide bonds. The number of hydrogen-bond donors (Lipinski definition) is 1. The van der Waals surface area contributed by atoms with Gasteiger partial charge >= 0.3 is 0 Å². The summed E-state index contributed by atoms with van der Waals surface area (Å²) in [7, 11) is 0. The fraction of sp³-hybridized carbons (Fsp3) is 0.200. The zero-order valence-corrected chi connectivity index (χ0v) is 7.69. The van der Waals surface area contributed by atoms with Crippen LogP contribution in [0.25, 0.3) is 10.1 Å². The maximum absolute atomic E-state index is 8.96. The van der Waals surface area contributed by atoms with Gasteiger partial charge in [0.25, 0.3) is 0 Å². The zero-order valence-electron chi connectivity index (χ0n) is 6.87. The molecule has 0 spiro atoms. The number of rotatable bonds is 1. The van der Waals surface area contributed by atoms with E-state index in [-0.39, 0.29) is 6.61 Å². The Labute approximate surface area is 75.3 Å². The molecule has 0 aliphatic heterocycles. The van der Waals surface area contributed by atoms with Gasteiger partial charge in [0.15, 0.2) is 0 Å². The van der Waals surface area contributed by atoms with Crippen molar-refractivity contribution in [2.75, 3.05) is 0 Å². The highest BCUT2D eigenvalue weighted by Gasteiger charge is 2.00. The summed E-state index contributed by atoms with van der Waals surface area (Å²) in [5, 5.41) is 12.3. The van der Waals surface area contributed by atoms with Crippen molar-refractivity contribution in [1.29, 1.82) is 0 Å². The quantitative estimate of drug-likeness (QED) is 0.711. The molecular weight excluding hydrogens is 168 g/mol. The van der Waals surface area contributed by atoms with Gasteiger partial charge in [-0.2, -0.15) is 0 Å². The third-order valence-electron chi connectivity index (χ3n) is 1.98. The van der Waals surface area contributed by atoms with Gasteiger partial charge in [-0.25, -0.2) is 0 Å². The van der Waals surface area contributed by atoms with Gasteiger partial charge in [-0.15, -0.1) is 11.3 Å². The Balaban J connectivity index is 2.75. The Hall–Kier alpha value is -0.860. The monoisotopic (exact) mass is 178 g/mol. The summed E-state index contributed by atoms with van der Waals surface area (Å²) in [6.07, 6.45) is 0. The number of fused-ring (bicyclic) bond motifs is 1. The number of aliphatic hydroxyl groups excluding tert-OH is 1. The highest BCUT2D eigenvalue weighted by molar-refractivity contribution is 7.17. The molecule has 0 aliphatic carbocycles. The molecule has 0 saturated heterocycles. The van der Waals surface area contributed by atoms with Crippen molar-refractivity contribution in [3.63, 3.8) is 0 Å². The molecule has 1 N–H and O–H groups in total. The summed E-state index contributed by atoms with van der Waals surface area (Å²) in [6, 6.07) is 6.17. The first-order valence-corrected chi connectivity index (χ1v) is 4.77. The Morgan fingerprint density at radius 1 is 1.42 bits per heavy atom. The Bertz CT molecular complexity index is 403. The van der Waals surface area contributed by atoms with Crippen molar-refractivity contribution < 1.29 is 5.11 Å². The number of thiophene rings is 1. The Morgan fingerprint density at radius 2 is 2.25 bits per heavy atom. The maximum Gasteiger partial charge on any atom is 0.0682 e. The van der Waals surface area contributed by atoms with E-state index in [9.17, 15) is 0 Å². The van der Waals surface area contributed by atoms with Crippen LogP contribution in [0.5, 0.6) is 0 Å². The van der Waals surface area contributed by atoms with E-state index in [4.69, 9.17) is 5.11 Å². The van der Waals surface area contributed by atoms with Gasteiger partial charge in [-0.3, -0.25) is 0 Å². The highest BCUT2D eigenvalue weighted by Crippen LogP contribution is 2.25. The molecular formula is C10H10OS. The topological polar surface area (TPSA) is 20.2 Å². The average molecular weight is 178 g/mol. The lowest BCUT2D eigenvalue weighted by molar-refractivity contribution is 0.282. The van der Waals surface area contributed by atoms with Crippen LogP contribution in [0.1, 0.15) is 11.1 Å². The van der Waals surface area contributed by atoms with Gasteiger partial charge in [0.2, 0.25) is 0 Å². The van der Waals surface area contributed by atoms with E-state index in [2.05, 4.69) is 18.4 Å². The molecule has 1 aromatic carbocycles. The zero-order chi connectivity index (χ0) is 8.55. The first-order chi connectivity index (χ1) is 5.81. The minimum Gasteiger partial charge on any atom is -0.392 e. The molecule has 2 rings (SSSR count). The van der Waals surface area contributed by atoms with Crippen molar-refractivity contribution in [3.05, 3.63) is 34.7 Å². The summed E-state index contributed by atoms with van der Waals surface area (Å²) in [5.74, 6) is 0. The van der Waals surface area contributed by atoms with Crippen molar-refractivity contribution in [3.8, 4) is 0 Å². The van der Waals surface area contributed by atoms with Gasteiger partial charge < -0.3 is 5.11 Å². The smallest absolute Gasteiger partial charge is 0.0682 e. The molecule has 1 heterocycles. The lowest BCUT2D eigenvalue weighted by Gasteiger charge is -1.99. The summed E-state index contributed by atoms with van der Waals surface area (Å²) in [5.41, 5.74) is 2.25. The van der Waals surface area contributed by atoms with Crippen LogP contribution < -0.4 is 0 Å². The molecule has 1 nitrogen and oxygen atoms in total. The average Bonchev–Trinajstić information content (AvgIpc) is 2.52. The number of aliphatic hydroxyl groups is 1. The minimum absolute atomic E-state index is 0.132. The lowest BCUT2D eigenvalue weighted by Crippen LogP contribution is -1.83. The molecule has 0 unspecified atom stereocenters. The fourth-order valence-corrected chi connectivity index (χ4v) is 2.29. The van der Waals surface area contributed by atoms with E-state index < -0.39 is 0 Å². The first kappa shape index (κ1) is 7.77. The molecule has 0 aliphatic rings. The van der Waals surface area contributed by atoms with E-state index in [1.54, 1.807) is 11.3 Å². The summed E-state index contributed by atoms with van der Waals surface area (Å²) in [6.45, 7) is 2.21. The molecule has 12 heavy (non-hydrogen) atoms. The van der Waals surface area contributed by atoms with Gasteiger partial charge in [-0.05, 0) is 40.9 Å². The van der Waals surface area contributed by atoms with Crippen molar-refractivity contribution >= 4 is 21.4 Å². The number of benzene rings is 1. The van der Waals surface area contributed by atoms with E-state index in [1.165, 1.54) is 15.6 Å². The molecule has 2 aromatic rings. The molecule has 62 valence electrons. The standard InChI is InChI=1S/C10H10OS/c1-7-4-8(6-11)5-9-2-3-12-10(7)9/h2-5,11H,6H2,1H3. The van der Waals surface area contributed by atoms with Crippen LogP contribution in [0, 0.1) is 6.92 Å². The molecule has 0 saturated carbocycles. The largest absolute Gasteiger partial charge is 0.392 e. The SMILES string of the molecule is Cc1cc(CO)cc2ccsc12. The first-order valence-electron chi connectivity index (χ1n) is 3.89. The molecule has 0 radical (unpaired) electrons. The lowest BCUT2D eigenvalue weighted by atomic mass is 10.1. The Kier molecular flexibility index (Phi) is 1.87. The third-order valence-corrected chi connectivity index (χ3v) is 3.04. The summed E-state index contributed by atoms with van der Waals surface area (Å²) >= 11 is 1.75. The van der Waals surface area contributed by atoms with Crippen molar-refractivity contribution in [2.24, 2.45) is 0 Å². The van der Waals surface area contributed by atoms with E-state index in [1.807, 2.05) is 12.1 Å². The second-order valence-corrected chi connectivity index (χ2v) is 3.83. The van der Waals surface area contributed by atoms with E-state index >= 15 is 0 Å². The molecule has 0 atom stereocenters. The highest BCUT2D eigenvalue weighted by atomic mass is 32.1. The summed E-state index contributed by atoms with van der Waals surface area (Å²) < 4.78 is 1.33. The molecule has 0 bridgehead atoms. The maximum atomic E-state index is 8.96. The normalized spacial score (nSPS) is 10.8. The van der Waals surface area contributed by atoms with Crippen molar-refractivity contribution in [1.82, 2.24) is 0 Å². The van der Waals surface area contributed by atoms with Crippen LogP contribution in [-0.2, 0) is 6.61 Å². The van der Waals surface area contributed by atoms with Crippen molar-refractivity contribution in [2.45, 2.75) is 13.5 Å². The molecule has 2 heteroatoms. The molecule has 1 aromatic heterocycles. The van der Waals surface area contributed by atoms with Crippen LogP contribution >= 0.6 is 11.3 Å².